The van der Waals surface area contributed by atoms with Crippen LogP contribution in [0.5, 0.6) is 17.2 Å². The summed E-state index contributed by atoms with van der Waals surface area (Å²) in [6.07, 6.45) is 4.06. The molecule has 2 rings (SSSR count). The Morgan fingerprint density at radius 3 is 2.33 bits per heavy atom. The number of rotatable bonds is 10. The van der Waals surface area contributed by atoms with Gasteiger partial charge in [0.2, 0.25) is 5.75 Å². The minimum atomic E-state index is 0.184. The fourth-order valence-electron chi connectivity index (χ4n) is 2.12. The molecule has 5 nitrogen and oxygen atoms in total. The van der Waals surface area contributed by atoms with Crippen LogP contribution in [0.15, 0.2) is 12.1 Å². The Balaban J connectivity index is 2.05. The summed E-state index contributed by atoms with van der Waals surface area (Å²) in [4.78, 5) is 0. The maximum atomic E-state index is 8.80. The Morgan fingerprint density at radius 2 is 1.81 bits per heavy atom. The van der Waals surface area contributed by atoms with E-state index in [1.807, 2.05) is 12.1 Å². The molecule has 1 aromatic carbocycles. The molecule has 1 aliphatic carbocycles. The van der Waals surface area contributed by atoms with Crippen molar-refractivity contribution in [3.63, 3.8) is 0 Å². The summed E-state index contributed by atoms with van der Waals surface area (Å²) in [5, 5.41) is 12.3. The maximum Gasteiger partial charge on any atom is 0.203 e. The molecule has 0 radical (unpaired) electrons. The van der Waals surface area contributed by atoms with Gasteiger partial charge in [-0.25, -0.2) is 0 Å². The molecule has 0 heterocycles. The molecule has 1 aliphatic rings. The lowest BCUT2D eigenvalue weighted by molar-refractivity contribution is 0.240. The lowest BCUT2D eigenvalue weighted by Gasteiger charge is -2.16. The fourth-order valence-corrected chi connectivity index (χ4v) is 2.12. The molecule has 0 unspecified atom stereocenters. The van der Waals surface area contributed by atoms with Gasteiger partial charge in [0.15, 0.2) is 11.5 Å². The predicted octanol–water partition coefficient (Wildman–Crippen LogP) is 2.11. The number of aliphatic hydroxyl groups excluding tert-OH is 1. The summed E-state index contributed by atoms with van der Waals surface area (Å²) >= 11 is 0. The van der Waals surface area contributed by atoms with Gasteiger partial charge >= 0.3 is 0 Å². The zero-order valence-electron chi connectivity index (χ0n) is 12.9. The van der Waals surface area contributed by atoms with E-state index < -0.39 is 0 Å². The molecule has 1 fully saturated rings. The molecule has 0 aromatic heterocycles. The molecule has 0 bridgehead atoms. The molecule has 0 aliphatic heterocycles. The van der Waals surface area contributed by atoms with Crippen molar-refractivity contribution in [1.82, 2.24) is 5.32 Å². The van der Waals surface area contributed by atoms with Gasteiger partial charge in [0.05, 0.1) is 20.8 Å². The molecule has 21 heavy (non-hydrogen) atoms. The SMILES string of the molecule is COc1cc(CNC2CC2)cc(OC)c1OCCCCO. The van der Waals surface area contributed by atoms with Gasteiger partial charge in [-0.2, -0.15) is 0 Å². The number of benzene rings is 1. The molecule has 1 aromatic rings. The van der Waals surface area contributed by atoms with Gasteiger partial charge in [-0.05, 0) is 43.4 Å². The van der Waals surface area contributed by atoms with Crippen LogP contribution < -0.4 is 19.5 Å². The van der Waals surface area contributed by atoms with Crippen molar-refractivity contribution in [1.29, 1.82) is 0 Å². The zero-order chi connectivity index (χ0) is 15.1. The predicted molar refractivity (Wildman–Crippen MR) is 81.2 cm³/mol. The van der Waals surface area contributed by atoms with Crippen molar-refractivity contribution in [3.8, 4) is 17.2 Å². The third kappa shape index (κ3) is 4.79. The van der Waals surface area contributed by atoms with Gasteiger partial charge in [-0.15, -0.1) is 0 Å². The van der Waals surface area contributed by atoms with Gasteiger partial charge in [-0.3, -0.25) is 0 Å². The highest BCUT2D eigenvalue weighted by molar-refractivity contribution is 5.53. The first kappa shape index (κ1) is 15.9. The first-order valence-electron chi connectivity index (χ1n) is 7.50. The van der Waals surface area contributed by atoms with Crippen molar-refractivity contribution < 1.29 is 19.3 Å². The van der Waals surface area contributed by atoms with Crippen molar-refractivity contribution >= 4 is 0 Å². The van der Waals surface area contributed by atoms with Crippen LogP contribution in [0.2, 0.25) is 0 Å². The molecular weight excluding hydrogens is 270 g/mol. The number of nitrogens with one attached hydrogen (secondary N) is 1. The van der Waals surface area contributed by atoms with Crippen LogP contribution in [0.4, 0.5) is 0 Å². The van der Waals surface area contributed by atoms with Crippen LogP contribution in [0.1, 0.15) is 31.2 Å². The Labute approximate surface area is 126 Å². The standard InChI is InChI=1S/C16H25NO4/c1-19-14-9-12(11-17-13-5-6-13)10-15(20-2)16(14)21-8-4-3-7-18/h9-10,13,17-18H,3-8,11H2,1-2H3. The monoisotopic (exact) mass is 295 g/mol. The molecule has 2 N–H and O–H groups in total. The van der Waals surface area contributed by atoms with Gasteiger partial charge in [-0.1, -0.05) is 0 Å². The van der Waals surface area contributed by atoms with Crippen LogP contribution in [0, 0.1) is 0 Å². The minimum absolute atomic E-state index is 0.184. The van der Waals surface area contributed by atoms with Gasteiger partial charge in [0, 0.05) is 19.2 Å². The molecule has 118 valence electrons. The highest BCUT2D eigenvalue weighted by Gasteiger charge is 2.21. The van der Waals surface area contributed by atoms with E-state index in [0.717, 1.165) is 24.9 Å². The van der Waals surface area contributed by atoms with Crippen molar-refractivity contribution in [3.05, 3.63) is 17.7 Å². The quantitative estimate of drug-likeness (QED) is 0.647. The largest absolute Gasteiger partial charge is 0.493 e. The van der Waals surface area contributed by atoms with Crippen molar-refractivity contribution in [2.45, 2.75) is 38.3 Å². The minimum Gasteiger partial charge on any atom is -0.493 e. The third-order valence-electron chi connectivity index (χ3n) is 3.49. The van der Waals surface area contributed by atoms with E-state index in [2.05, 4.69) is 5.32 Å². The van der Waals surface area contributed by atoms with Gasteiger partial charge in [0.1, 0.15) is 0 Å². The Hall–Kier alpha value is -1.46. The van der Waals surface area contributed by atoms with E-state index in [4.69, 9.17) is 19.3 Å². The lowest BCUT2D eigenvalue weighted by Crippen LogP contribution is -2.15. The summed E-state index contributed by atoms with van der Waals surface area (Å²) in [7, 11) is 3.26. The zero-order valence-corrected chi connectivity index (χ0v) is 12.9. The Kier molecular flexibility index (Phi) is 6.14. The summed E-state index contributed by atoms with van der Waals surface area (Å²) in [6, 6.07) is 4.63. The smallest absolute Gasteiger partial charge is 0.203 e. The molecule has 1 saturated carbocycles. The summed E-state index contributed by atoms with van der Waals surface area (Å²) in [6.45, 7) is 1.53. The fraction of sp³-hybridized carbons (Fsp3) is 0.625. The Morgan fingerprint density at radius 1 is 1.14 bits per heavy atom. The van der Waals surface area contributed by atoms with E-state index in [1.54, 1.807) is 14.2 Å². The molecule has 0 saturated heterocycles. The molecular formula is C16H25NO4. The second-order valence-corrected chi connectivity index (χ2v) is 5.26. The van der Waals surface area contributed by atoms with Crippen LogP contribution in [0.25, 0.3) is 0 Å². The first-order chi connectivity index (χ1) is 10.3. The average Bonchev–Trinajstić information content (AvgIpc) is 3.33. The molecule has 0 amide bonds. The van der Waals surface area contributed by atoms with E-state index in [9.17, 15) is 0 Å². The normalized spacial score (nSPS) is 14.0. The second kappa shape index (κ2) is 8.10. The number of aliphatic hydroxyl groups is 1. The van der Waals surface area contributed by atoms with E-state index >= 15 is 0 Å². The number of hydrogen-bond donors (Lipinski definition) is 2. The molecule has 0 atom stereocenters. The van der Waals surface area contributed by atoms with Gasteiger partial charge < -0.3 is 24.6 Å². The Bertz CT molecular complexity index is 421. The van der Waals surface area contributed by atoms with E-state index in [0.29, 0.717) is 29.9 Å². The summed E-state index contributed by atoms with van der Waals surface area (Å²) in [5.41, 5.74) is 1.12. The van der Waals surface area contributed by atoms with Crippen LogP contribution in [-0.4, -0.2) is 38.6 Å². The first-order valence-corrected chi connectivity index (χ1v) is 7.50. The molecule has 5 heteroatoms. The van der Waals surface area contributed by atoms with Crippen LogP contribution in [0.3, 0.4) is 0 Å². The third-order valence-corrected chi connectivity index (χ3v) is 3.49. The lowest BCUT2D eigenvalue weighted by atomic mass is 10.1. The van der Waals surface area contributed by atoms with E-state index in [1.165, 1.54) is 12.8 Å². The maximum absolute atomic E-state index is 8.80. The number of hydrogen-bond acceptors (Lipinski definition) is 5. The average molecular weight is 295 g/mol. The van der Waals surface area contributed by atoms with E-state index in [-0.39, 0.29) is 6.61 Å². The number of methoxy groups -OCH3 is 2. The summed E-state index contributed by atoms with van der Waals surface area (Å²) in [5.74, 6) is 2.00. The van der Waals surface area contributed by atoms with Crippen molar-refractivity contribution in [2.24, 2.45) is 0 Å². The topological polar surface area (TPSA) is 60.0 Å². The van der Waals surface area contributed by atoms with Crippen LogP contribution in [-0.2, 0) is 6.54 Å². The molecule has 0 spiro atoms. The van der Waals surface area contributed by atoms with Crippen molar-refractivity contribution in [2.75, 3.05) is 27.4 Å². The summed E-state index contributed by atoms with van der Waals surface area (Å²) < 4.78 is 16.6. The number of ether oxygens (including phenoxy) is 3. The second-order valence-electron chi connectivity index (χ2n) is 5.26. The van der Waals surface area contributed by atoms with Gasteiger partial charge in [0.25, 0.3) is 0 Å². The highest BCUT2D eigenvalue weighted by Crippen LogP contribution is 2.38. The van der Waals surface area contributed by atoms with Crippen LogP contribution >= 0.6 is 0 Å². The highest BCUT2D eigenvalue weighted by atomic mass is 16.5. The number of unbranched alkanes of at least 4 members (excludes halogenated alkanes) is 1.